The van der Waals surface area contributed by atoms with Crippen molar-refractivity contribution in [1.29, 1.82) is 0 Å². The van der Waals surface area contributed by atoms with Crippen LogP contribution in [0.15, 0.2) is 18.7 Å². The van der Waals surface area contributed by atoms with E-state index in [1.54, 1.807) is 13.2 Å². The van der Waals surface area contributed by atoms with Gasteiger partial charge in [-0.3, -0.25) is 4.79 Å². The Kier molecular flexibility index (Phi) is 7.75. The molecule has 1 aromatic rings. The van der Waals surface area contributed by atoms with E-state index in [0.717, 1.165) is 37.4 Å². The molecule has 1 heterocycles. The van der Waals surface area contributed by atoms with Crippen molar-refractivity contribution >= 4 is 27.9 Å². The fourth-order valence-corrected chi connectivity index (χ4v) is 2.60. The van der Waals surface area contributed by atoms with Crippen LogP contribution in [0.4, 0.5) is 10.7 Å². The summed E-state index contributed by atoms with van der Waals surface area (Å²) in [6.45, 7) is 5.68. The highest BCUT2D eigenvalue weighted by Crippen LogP contribution is 2.29. The first kappa shape index (κ1) is 16.5. The van der Waals surface area contributed by atoms with Crippen molar-refractivity contribution < 1.29 is 9.53 Å². The van der Waals surface area contributed by atoms with Crippen LogP contribution in [0.3, 0.4) is 0 Å². The minimum atomic E-state index is -0.152. The van der Waals surface area contributed by atoms with Gasteiger partial charge in [-0.25, -0.2) is 0 Å². The first-order valence-electron chi connectivity index (χ1n) is 6.70. The first-order valence-corrected chi connectivity index (χ1v) is 7.52. The van der Waals surface area contributed by atoms with Crippen LogP contribution in [-0.4, -0.2) is 32.7 Å². The number of unbranched alkanes of at least 4 members (excludes halogenated alkanes) is 2. The van der Waals surface area contributed by atoms with Gasteiger partial charge in [0.2, 0.25) is 0 Å². The normalized spacial score (nSPS) is 10.2. The summed E-state index contributed by atoms with van der Waals surface area (Å²) in [5.41, 5.74) is 6.36. The second-order valence-electron chi connectivity index (χ2n) is 4.37. The summed E-state index contributed by atoms with van der Waals surface area (Å²) < 4.78 is 5.00. The molecule has 0 saturated carbocycles. The third kappa shape index (κ3) is 5.63. The van der Waals surface area contributed by atoms with Crippen LogP contribution in [0.25, 0.3) is 0 Å². The monoisotopic (exact) mass is 297 g/mol. The molecule has 6 heteroatoms. The van der Waals surface area contributed by atoms with Crippen molar-refractivity contribution in [3.63, 3.8) is 0 Å². The van der Waals surface area contributed by atoms with Gasteiger partial charge in [-0.2, -0.15) is 0 Å². The fourth-order valence-electron chi connectivity index (χ4n) is 1.67. The van der Waals surface area contributed by atoms with E-state index in [4.69, 9.17) is 10.5 Å². The van der Waals surface area contributed by atoms with E-state index in [1.807, 2.05) is 6.07 Å². The maximum atomic E-state index is 11.8. The van der Waals surface area contributed by atoms with Crippen LogP contribution in [0.2, 0.25) is 0 Å². The molecule has 0 radical (unpaired) electrons. The van der Waals surface area contributed by atoms with Gasteiger partial charge in [0.1, 0.15) is 4.88 Å². The van der Waals surface area contributed by atoms with Crippen molar-refractivity contribution in [2.45, 2.75) is 19.3 Å². The number of hydrogen-bond donors (Lipinski definition) is 3. The standard InChI is InChI=1S/C14H23N3O2S/c1-3-7-17-14(18)13-11(15)10-12(20-13)16-8-5-4-6-9-19-2/h3,10,16H,1,4-9,15H2,2H3,(H,17,18). The van der Waals surface area contributed by atoms with Crippen LogP contribution in [0, 0.1) is 0 Å². The number of carbonyl (C=O) groups excluding carboxylic acids is 1. The summed E-state index contributed by atoms with van der Waals surface area (Å²) in [5, 5.41) is 6.94. The number of nitrogen functional groups attached to an aromatic ring is 1. The maximum Gasteiger partial charge on any atom is 0.263 e. The van der Waals surface area contributed by atoms with Crippen LogP contribution < -0.4 is 16.4 Å². The van der Waals surface area contributed by atoms with Crippen molar-refractivity contribution in [1.82, 2.24) is 5.32 Å². The molecule has 1 aromatic heterocycles. The van der Waals surface area contributed by atoms with E-state index in [9.17, 15) is 4.79 Å². The maximum absolute atomic E-state index is 11.8. The summed E-state index contributed by atoms with van der Waals surface area (Å²) in [7, 11) is 1.71. The molecular formula is C14H23N3O2S. The quantitative estimate of drug-likeness (QED) is 0.458. The van der Waals surface area contributed by atoms with Crippen LogP contribution in [0.5, 0.6) is 0 Å². The molecule has 112 valence electrons. The van der Waals surface area contributed by atoms with E-state index < -0.39 is 0 Å². The molecule has 0 fully saturated rings. The van der Waals surface area contributed by atoms with Gasteiger partial charge in [-0.1, -0.05) is 6.08 Å². The molecule has 0 bridgehead atoms. The Morgan fingerprint density at radius 3 is 3.00 bits per heavy atom. The molecule has 4 N–H and O–H groups in total. The molecule has 1 rings (SSSR count). The lowest BCUT2D eigenvalue weighted by atomic mass is 10.2. The zero-order valence-corrected chi connectivity index (χ0v) is 12.7. The third-order valence-corrected chi connectivity index (χ3v) is 3.81. The lowest BCUT2D eigenvalue weighted by Gasteiger charge is -2.03. The molecular weight excluding hydrogens is 274 g/mol. The predicted octanol–water partition coefficient (Wildman–Crippen LogP) is 2.47. The van der Waals surface area contributed by atoms with Crippen molar-refractivity contribution in [3.8, 4) is 0 Å². The fraction of sp³-hybridized carbons (Fsp3) is 0.500. The molecule has 0 aromatic carbocycles. The number of amides is 1. The van der Waals surface area contributed by atoms with E-state index >= 15 is 0 Å². The summed E-state index contributed by atoms with van der Waals surface area (Å²) >= 11 is 1.38. The molecule has 0 spiro atoms. The lowest BCUT2D eigenvalue weighted by Crippen LogP contribution is -2.22. The number of nitrogens with two attached hydrogens (primary N) is 1. The Balaban J connectivity index is 2.37. The molecule has 5 nitrogen and oxygen atoms in total. The topological polar surface area (TPSA) is 76.4 Å². The Morgan fingerprint density at radius 1 is 1.50 bits per heavy atom. The minimum absolute atomic E-state index is 0.152. The van der Waals surface area contributed by atoms with Crippen molar-refractivity contribution in [2.24, 2.45) is 0 Å². The zero-order valence-electron chi connectivity index (χ0n) is 11.9. The predicted molar refractivity (Wildman–Crippen MR) is 85.5 cm³/mol. The van der Waals surface area contributed by atoms with Crippen molar-refractivity contribution in [2.75, 3.05) is 37.9 Å². The van der Waals surface area contributed by atoms with Gasteiger partial charge in [-0.05, 0) is 25.3 Å². The number of nitrogens with one attached hydrogen (secondary N) is 2. The average molecular weight is 297 g/mol. The van der Waals surface area contributed by atoms with Crippen LogP contribution >= 0.6 is 11.3 Å². The molecule has 1 amide bonds. The Labute approximate surface area is 124 Å². The SMILES string of the molecule is C=CCNC(=O)c1sc(NCCCCCOC)cc1N. The molecule has 0 unspecified atom stereocenters. The molecule has 0 aliphatic carbocycles. The Hall–Kier alpha value is -1.53. The van der Waals surface area contributed by atoms with Gasteiger partial charge in [0.25, 0.3) is 5.91 Å². The zero-order chi connectivity index (χ0) is 14.8. The van der Waals surface area contributed by atoms with Gasteiger partial charge >= 0.3 is 0 Å². The highest BCUT2D eigenvalue weighted by Gasteiger charge is 2.13. The molecule has 0 atom stereocenters. The summed E-state index contributed by atoms with van der Waals surface area (Å²) in [6, 6.07) is 1.81. The Bertz CT molecular complexity index is 432. The number of rotatable bonds is 10. The highest BCUT2D eigenvalue weighted by atomic mass is 32.1. The molecule has 0 aliphatic heterocycles. The minimum Gasteiger partial charge on any atom is -0.397 e. The highest BCUT2D eigenvalue weighted by molar-refractivity contribution is 7.18. The third-order valence-electron chi connectivity index (χ3n) is 2.70. The Morgan fingerprint density at radius 2 is 2.30 bits per heavy atom. The van der Waals surface area contributed by atoms with E-state index in [2.05, 4.69) is 17.2 Å². The number of methoxy groups -OCH3 is 1. The summed E-state index contributed by atoms with van der Waals surface area (Å²) in [4.78, 5) is 12.4. The van der Waals surface area contributed by atoms with Crippen LogP contribution in [-0.2, 0) is 4.74 Å². The average Bonchev–Trinajstić information content (AvgIpc) is 2.81. The molecule has 0 saturated heterocycles. The summed E-state index contributed by atoms with van der Waals surface area (Å²) in [5.74, 6) is -0.152. The van der Waals surface area contributed by atoms with E-state index in [0.29, 0.717) is 17.1 Å². The second-order valence-corrected chi connectivity index (χ2v) is 5.43. The smallest absolute Gasteiger partial charge is 0.263 e. The number of carbonyl (C=O) groups is 1. The van der Waals surface area contributed by atoms with Gasteiger partial charge in [0, 0.05) is 26.8 Å². The van der Waals surface area contributed by atoms with Gasteiger partial charge in [-0.15, -0.1) is 17.9 Å². The first-order chi connectivity index (χ1) is 9.69. The van der Waals surface area contributed by atoms with Gasteiger partial charge < -0.3 is 21.1 Å². The van der Waals surface area contributed by atoms with E-state index in [1.165, 1.54) is 11.3 Å². The largest absolute Gasteiger partial charge is 0.397 e. The van der Waals surface area contributed by atoms with Gasteiger partial charge in [0.15, 0.2) is 0 Å². The summed E-state index contributed by atoms with van der Waals surface area (Å²) in [6.07, 6.45) is 4.90. The second kappa shape index (κ2) is 9.39. The number of ether oxygens (including phenoxy) is 1. The van der Waals surface area contributed by atoms with E-state index in [-0.39, 0.29) is 5.91 Å². The number of thiophene rings is 1. The lowest BCUT2D eigenvalue weighted by molar-refractivity contribution is 0.0963. The molecule has 20 heavy (non-hydrogen) atoms. The molecule has 0 aliphatic rings. The van der Waals surface area contributed by atoms with Gasteiger partial charge in [0.05, 0.1) is 10.7 Å². The number of hydrogen-bond acceptors (Lipinski definition) is 5. The van der Waals surface area contributed by atoms with Crippen molar-refractivity contribution in [3.05, 3.63) is 23.6 Å². The number of anilines is 2. The van der Waals surface area contributed by atoms with Crippen LogP contribution in [0.1, 0.15) is 28.9 Å².